The molecule has 6 nitrogen and oxygen atoms in total. The lowest BCUT2D eigenvalue weighted by molar-refractivity contribution is -0.384. The summed E-state index contributed by atoms with van der Waals surface area (Å²) in [5, 5.41) is 13.6. The average molecular weight is 252 g/mol. The Morgan fingerprint density at radius 1 is 1.50 bits per heavy atom. The van der Waals surface area contributed by atoms with E-state index >= 15 is 0 Å². The van der Waals surface area contributed by atoms with Crippen molar-refractivity contribution in [2.24, 2.45) is 0 Å². The van der Waals surface area contributed by atoms with Crippen molar-refractivity contribution < 1.29 is 14.5 Å². The number of nitro benzene ring substituents is 1. The second-order valence-corrected chi connectivity index (χ2v) is 4.40. The van der Waals surface area contributed by atoms with Gasteiger partial charge in [0.25, 0.3) is 5.69 Å². The molecule has 0 amide bonds. The maximum Gasteiger partial charge on any atom is 0.325 e. The van der Waals surface area contributed by atoms with Crippen LogP contribution in [-0.2, 0) is 16.1 Å². The molecule has 0 bridgehead atoms. The van der Waals surface area contributed by atoms with Crippen LogP contribution in [0.25, 0.3) is 0 Å². The van der Waals surface area contributed by atoms with Gasteiger partial charge in [-0.1, -0.05) is 12.1 Å². The third-order valence-corrected chi connectivity index (χ3v) is 2.55. The van der Waals surface area contributed by atoms with Gasteiger partial charge in [0.1, 0.15) is 5.54 Å². The van der Waals surface area contributed by atoms with Gasteiger partial charge in [0, 0.05) is 18.7 Å². The zero-order valence-corrected chi connectivity index (χ0v) is 10.6. The van der Waals surface area contributed by atoms with Gasteiger partial charge in [-0.15, -0.1) is 0 Å². The maximum atomic E-state index is 11.4. The van der Waals surface area contributed by atoms with Crippen LogP contribution >= 0.6 is 0 Å². The number of ether oxygens (including phenoxy) is 1. The highest BCUT2D eigenvalue weighted by Crippen LogP contribution is 2.14. The Hall–Kier alpha value is -1.95. The number of carbonyl (C=O) groups is 1. The highest BCUT2D eigenvalue weighted by Gasteiger charge is 2.27. The lowest BCUT2D eigenvalue weighted by Gasteiger charge is -2.23. The number of carbonyl (C=O) groups excluding carboxylic acids is 1. The standard InChI is InChI=1S/C12H16N2O4/c1-12(2,11(15)18-3)13-8-9-5-4-6-10(7-9)14(16)17/h4-7,13H,8H2,1-3H3. The van der Waals surface area contributed by atoms with E-state index in [0.29, 0.717) is 6.54 Å². The number of non-ortho nitro benzene ring substituents is 1. The Balaban J connectivity index is 2.72. The van der Waals surface area contributed by atoms with E-state index in [0.717, 1.165) is 5.56 Å². The Labute approximate surface area is 105 Å². The van der Waals surface area contributed by atoms with Crippen LogP contribution in [-0.4, -0.2) is 23.5 Å². The fourth-order valence-electron chi connectivity index (χ4n) is 1.43. The quantitative estimate of drug-likeness (QED) is 0.489. The second-order valence-electron chi connectivity index (χ2n) is 4.40. The average Bonchev–Trinajstić information content (AvgIpc) is 2.35. The number of nitro groups is 1. The summed E-state index contributed by atoms with van der Waals surface area (Å²) >= 11 is 0. The number of rotatable bonds is 5. The summed E-state index contributed by atoms with van der Waals surface area (Å²) < 4.78 is 4.66. The van der Waals surface area contributed by atoms with E-state index in [1.807, 2.05) is 0 Å². The lowest BCUT2D eigenvalue weighted by atomic mass is 10.1. The van der Waals surface area contributed by atoms with E-state index in [1.54, 1.807) is 26.0 Å². The predicted molar refractivity (Wildman–Crippen MR) is 66.0 cm³/mol. The molecule has 18 heavy (non-hydrogen) atoms. The third kappa shape index (κ3) is 3.53. The summed E-state index contributed by atoms with van der Waals surface area (Å²) in [5.41, 5.74) is -0.0642. The van der Waals surface area contributed by atoms with Gasteiger partial charge in [0.2, 0.25) is 0 Å². The van der Waals surface area contributed by atoms with Gasteiger partial charge in [-0.2, -0.15) is 0 Å². The van der Waals surface area contributed by atoms with Crippen molar-refractivity contribution in [2.75, 3.05) is 7.11 Å². The molecule has 1 rings (SSSR count). The summed E-state index contributed by atoms with van der Waals surface area (Å²) in [6, 6.07) is 6.27. The largest absolute Gasteiger partial charge is 0.468 e. The second kappa shape index (κ2) is 5.59. The number of nitrogens with zero attached hydrogens (tertiary/aromatic N) is 1. The summed E-state index contributed by atoms with van der Waals surface area (Å²) in [4.78, 5) is 21.6. The van der Waals surface area contributed by atoms with Crippen molar-refractivity contribution in [3.63, 3.8) is 0 Å². The van der Waals surface area contributed by atoms with Crippen LogP contribution in [0, 0.1) is 10.1 Å². The van der Waals surface area contributed by atoms with Gasteiger partial charge in [-0.05, 0) is 19.4 Å². The van der Waals surface area contributed by atoms with Crippen molar-refractivity contribution >= 4 is 11.7 Å². The van der Waals surface area contributed by atoms with Crippen molar-refractivity contribution in [1.29, 1.82) is 0 Å². The van der Waals surface area contributed by atoms with Crippen molar-refractivity contribution in [2.45, 2.75) is 25.9 Å². The van der Waals surface area contributed by atoms with E-state index in [2.05, 4.69) is 10.1 Å². The van der Waals surface area contributed by atoms with Gasteiger partial charge in [0.05, 0.1) is 12.0 Å². The summed E-state index contributed by atoms with van der Waals surface area (Å²) in [6.45, 7) is 3.73. The molecule has 0 aliphatic carbocycles. The number of methoxy groups -OCH3 is 1. The Kier molecular flexibility index (Phi) is 4.38. The molecule has 1 aromatic rings. The fourth-order valence-corrected chi connectivity index (χ4v) is 1.43. The number of esters is 1. The van der Waals surface area contributed by atoms with Gasteiger partial charge < -0.3 is 4.74 Å². The first-order chi connectivity index (χ1) is 8.36. The van der Waals surface area contributed by atoms with Crippen LogP contribution in [0.15, 0.2) is 24.3 Å². The molecular formula is C12H16N2O4. The van der Waals surface area contributed by atoms with Gasteiger partial charge in [-0.25, -0.2) is 0 Å². The minimum absolute atomic E-state index is 0.0326. The van der Waals surface area contributed by atoms with Crippen LogP contribution in [0.2, 0.25) is 0 Å². The van der Waals surface area contributed by atoms with Crippen molar-refractivity contribution in [3.05, 3.63) is 39.9 Å². The summed E-state index contributed by atoms with van der Waals surface area (Å²) in [6.07, 6.45) is 0. The monoisotopic (exact) mass is 252 g/mol. The van der Waals surface area contributed by atoms with Crippen LogP contribution in [0.1, 0.15) is 19.4 Å². The SMILES string of the molecule is COC(=O)C(C)(C)NCc1cccc([N+](=O)[O-])c1. The predicted octanol–water partition coefficient (Wildman–Crippen LogP) is 1.64. The number of hydrogen-bond acceptors (Lipinski definition) is 5. The summed E-state index contributed by atoms with van der Waals surface area (Å²) in [7, 11) is 1.32. The van der Waals surface area contributed by atoms with Crippen LogP contribution < -0.4 is 5.32 Å². The molecule has 0 spiro atoms. The molecular weight excluding hydrogens is 236 g/mol. The first-order valence-electron chi connectivity index (χ1n) is 5.43. The zero-order chi connectivity index (χ0) is 13.8. The van der Waals surface area contributed by atoms with Gasteiger partial charge in [0.15, 0.2) is 0 Å². The minimum Gasteiger partial charge on any atom is -0.468 e. The van der Waals surface area contributed by atoms with Gasteiger partial charge in [-0.3, -0.25) is 20.2 Å². The molecule has 0 atom stereocenters. The first-order valence-corrected chi connectivity index (χ1v) is 5.43. The van der Waals surface area contributed by atoms with Crippen LogP contribution in [0.3, 0.4) is 0 Å². The van der Waals surface area contributed by atoms with E-state index < -0.39 is 10.5 Å². The third-order valence-electron chi connectivity index (χ3n) is 2.55. The Morgan fingerprint density at radius 3 is 2.72 bits per heavy atom. The molecule has 0 aliphatic heterocycles. The highest BCUT2D eigenvalue weighted by atomic mass is 16.6. The normalized spacial score (nSPS) is 11.1. The van der Waals surface area contributed by atoms with Gasteiger partial charge >= 0.3 is 5.97 Å². The molecule has 0 aromatic heterocycles. The smallest absolute Gasteiger partial charge is 0.325 e. The minimum atomic E-state index is -0.834. The highest BCUT2D eigenvalue weighted by molar-refractivity contribution is 5.79. The van der Waals surface area contributed by atoms with Crippen LogP contribution in [0.4, 0.5) is 5.69 Å². The van der Waals surface area contributed by atoms with E-state index in [1.165, 1.54) is 19.2 Å². The molecule has 0 saturated carbocycles. The van der Waals surface area contributed by atoms with Crippen molar-refractivity contribution in [3.8, 4) is 0 Å². The van der Waals surface area contributed by atoms with E-state index in [-0.39, 0.29) is 11.7 Å². The number of hydrogen-bond donors (Lipinski definition) is 1. The molecule has 6 heteroatoms. The number of nitrogens with one attached hydrogen (secondary N) is 1. The molecule has 1 N–H and O–H groups in total. The molecule has 0 radical (unpaired) electrons. The maximum absolute atomic E-state index is 11.4. The molecule has 0 saturated heterocycles. The van der Waals surface area contributed by atoms with Crippen molar-refractivity contribution in [1.82, 2.24) is 5.32 Å². The lowest BCUT2D eigenvalue weighted by Crippen LogP contribution is -2.46. The molecule has 98 valence electrons. The molecule has 1 aromatic carbocycles. The summed E-state index contributed by atoms with van der Waals surface area (Å²) in [5.74, 6) is -0.382. The molecule has 0 fully saturated rings. The first kappa shape index (κ1) is 14.1. The van der Waals surface area contributed by atoms with E-state index in [9.17, 15) is 14.9 Å². The van der Waals surface area contributed by atoms with Crippen LogP contribution in [0.5, 0.6) is 0 Å². The molecule has 0 unspecified atom stereocenters. The molecule has 0 heterocycles. The Bertz CT molecular complexity index is 457. The topological polar surface area (TPSA) is 81.5 Å². The Morgan fingerprint density at radius 2 is 2.17 bits per heavy atom. The zero-order valence-electron chi connectivity index (χ0n) is 10.6. The number of benzene rings is 1. The van der Waals surface area contributed by atoms with E-state index in [4.69, 9.17) is 0 Å². The fraction of sp³-hybridized carbons (Fsp3) is 0.417. The molecule has 0 aliphatic rings.